The molecule has 2 heterocycles. The molecule has 0 bridgehead atoms. The highest BCUT2D eigenvalue weighted by Gasteiger charge is 2.55. The molecule has 4 rings (SSSR count). The van der Waals surface area contributed by atoms with Crippen LogP contribution in [-0.2, 0) is 26.1 Å². The van der Waals surface area contributed by atoms with Gasteiger partial charge in [-0.05, 0) is 25.5 Å². The SMILES string of the molecule is Cc1nc2ccccc2n1CC(=O)N[C@H]1[C@H]2CCO[C@H]2[C@@H]1NS(C)(=O)=O. The molecular weight excluding hydrogens is 356 g/mol. The first-order valence-corrected chi connectivity index (χ1v) is 10.5. The van der Waals surface area contributed by atoms with E-state index < -0.39 is 16.1 Å². The van der Waals surface area contributed by atoms with Crippen molar-refractivity contribution >= 4 is 27.0 Å². The molecule has 2 aromatic rings. The van der Waals surface area contributed by atoms with Crippen LogP contribution < -0.4 is 10.0 Å². The van der Waals surface area contributed by atoms with Gasteiger partial charge in [0.15, 0.2) is 0 Å². The van der Waals surface area contributed by atoms with Crippen LogP contribution in [0.5, 0.6) is 0 Å². The van der Waals surface area contributed by atoms with Crippen molar-refractivity contribution in [3.8, 4) is 0 Å². The average Bonchev–Trinajstić information content (AvgIpc) is 3.12. The van der Waals surface area contributed by atoms with Gasteiger partial charge in [-0.25, -0.2) is 18.1 Å². The summed E-state index contributed by atoms with van der Waals surface area (Å²) in [5.74, 6) is 0.758. The second kappa shape index (κ2) is 6.33. The second-order valence-electron chi connectivity index (χ2n) is 7.03. The Morgan fingerprint density at radius 2 is 2.12 bits per heavy atom. The number of carbonyl (C=O) groups excluding carboxylic acids is 1. The van der Waals surface area contributed by atoms with Crippen molar-refractivity contribution in [2.45, 2.75) is 38.1 Å². The van der Waals surface area contributed by atoms with Crippen molar-refractivity contribution < 1.29 is 17.9 Å². The van der Waals surface area contributed by atoms with E-state index in [0.29, 0.717) is 6.61 Å². The van der Waals surface area contributed by atoms with Crippen LogP contribution in [-0.4, -0.2) is 54.9 Å². The van der Waals surface area contributed by atoms with E-state index in [2.05, 4.69) is 15.0 Å². The summed E-state index contributed by atoms with van der Waals surface area (Å²) in [7, 11) is -3.37. The Bertz CT molecular complexity index is 955. The number of imidazole rings is 1. The molecule has 1 aliphatic heterocycles. The number of sulfonamides is 1. The minimum Gasteiger partial charge on any atom is -0.376 e. The zero-order valence-corrected chi connectivity index (χ0v) is 15.5. The van der Waals surface area contributed by atoms with E-state index in [1.54, 1.807) is 0 Å². The minimum absolute atomic E-state index is 0.146. The van der Waals surface area contributed by atoms with Gasteiger partial charge in [-0.15, -0.1) is 0 Å². The molecule has 2 fully saturated rings. The number of ether oxygens (including phenoxy) is 1. The Morgan fingerprint density at radius 3 is 2.88 bits per heavy atom. The quantitative estimate of drug-likeness (QED) is 0.772. The fraction of sp³-hybridized carbons (Fsp3) is 0.529. The van der Waals surface area contributed by atoms with Crippen molar-refractivity contribution in [2.24, 2.45) is 5.92 Å². The van der Waals surface area contributed by atoms with Crippen molar-refractivity contribution in [2.75, 3.05) is 12.9 Å². The molecular formula is C17H22N4O4S. The molecule has 0 unspecified atom stereocenters. The molecule has 2 N–H and O–H groups in total. The second-order valence-corrected chi connectivity index (χ2v) is 8.81. The van der Waals surface area contributed by atoms with Crippen LogP contribution in [0.25, 0.3) is 11.0 Å². The lowest BCUT2D eigenvalue weighted by Gasteiger charge is -2.47. The molecule has 1 saturated carbocycles. The number of amides is 1. The summed E-state index contributed by atoms with van der Waals surface area (Å²) in [5.41, 5.74) is 1.75. The number of nitrogens with one attached hydrogen (secondary N) is 2. The van der Waals surface area contributed by atoms with Gasteiger partial charge in [-0.2, -0.15) is 0 Å². The molecule has 140 valence electrons. The third kappa shape index (κ3) is 3.10. The van der Waals surface area contributed by atoms with Crippen molar-refractivity contribution in [3.63, 3.8) is 0 Å². The highest BCUT2D eigenvalue weighted by atomic mass is 32.2. The van der Waals surface area contributed by atoms with Crippen molar-refractivity contribution in [3.05, 3.63) is 30.1 Å². The third-order valence-electron chi connectivity index (χ3n) is 5.21. The number of para-hydroxylation sites is 2. The van der Waals surface area contributed by atoms with E-state index in [1.165, 1.54) is 0 Å². The maximum absolute atomic E-state index is 12.6. The van der Waals surface area contributed by atoms with Gasteiger partial charge < -0.3 is 14.6 Å². The van der Waals surface area contributed by atoms with Gasteiger partial charge in [-0.1, -0.05) is 12.1 Å². The highest BCUT2D eigenvalue weighted by molar-refractivity contribution is 7.88. The molecule has 0 spiro atoms. The largest absolute Gasteiger partial charge is 0.376 e. The average molecular weight is 378 g/mol. The number of aryl methyl sites for hydroxylation is 1. The molecule has 4 atom stereocenters. The molecule has 9 heteroatoms. The van der Waals surface area contributed by atoms with Gasteiger partial charge in [0, 0.05) is 12.5 Å². The molecule has 26 heavy (non-hydrogen) atoms. The highest BCUT2D eigenvalue weighted by Crippen LogP contribution is 2.39. The number of hydrogen-bond acceptors (Lipinski definition) is 5. The number of carbonyl (C=O) groups is 1. The fourth-order valence-electron chi connectivity index (χ4n) is 4.06. The van der Waals surface area contributed by atoms with Crippen LogP contribution >= 0.6 is 0 Å². The lowest BCUT2D eigenvalue weighted by atomic mass is 9.72. The van der Waals surface area contributed by atoms with E-state index in [-0.39, 0.29) is 30.5 Å². The third-order valence-corrected chi connectivity index (χ3v) is 5.91. The summed E-state index contributed by atoms with van der Waals surface area (Å²) in [6.07, 6.45) is 1.78. The van der Waals surface area contributed by atoms with Gasteiger partial charge in [0.2, 0.25) is 15.9 Å². The Kier molecular flexibility index (Phi) is 4.25. The van der Waals surface area contributed by atoms with Crippen LogP contribution in [0.1, 0.15) is 12.2 Å². The number of hydrogen-bond donors (Lipinski definition) is 2. The van der Waals surface area contributed by atoms with E-state index in [0.717, 1.165) is 29.5 Å². The van der Waals surface area contributed by atoms with Crippen LogP contribution in [0, 0.1) is 12.8 Å². The molecule has 1 saturated heterocycles. The first-order chi connectivity index (χ1) is 12.3. The summed E-state index contributed by atoms with van der Waals surface area (Å²) in [6.45, 7) is 2.60. The van der Waals surface area contributed by atoms with Crippen molar-refractivity contribution in [1.29, 1.82) is 0 Å². The zero-order chi connectivity index (χ0) is 18.5. The topological polar surface area (TPSA) is 102 Å². The number of rotatable bonds is 5. The van der Waals surface area contributed by atoms with E-state index in [1.807, 2.05) is 35.8 Å². The fourth-order valence-corrected chi connectivity index (χ4v) is 4.84. The summed E-state index contributed by atoms with van der Waals surface area (Å²) < 4.78 is 33.3. The number of nitrogens with zero attached hydrogens (tertiary/aromatic N) is 2. The van der Waals surface area contributed by atoms with Gasteiger partial charge in [0.25, 0.3) is 0 Å². The van der Waals surface area contributed by atoms with Crippen LogP contribution in [0.3, 0.4) is 0 Å². The number of fused-ring (bicyclic) bond motifs is 2. The first kappa shape index (κ1) is 17.4. The Balaban J connectivity index is 1.49. The van der Waals surface area contributed by atoms with Gasteiger partial charge in [0.05, 0.1) is 35.5 Å². The number of aromatic nitrogens is 2. The first-order valence-electron chi connectivity index (χ1n) is 8.63. The van der Waals surface area contributed by atoms with E-state index in [9.17, 15) is 13.2 Å². The van der Waals surface area contributed by atoms with Gasteiger partial charge in [-0.3, -0.25) is 4.79 Å². The Hall–Kier alpha value is -1.97. The maximum atomic E-state index is 12.6. The molecule has 2 aliphatic rings. The van der Waals surface area contributed by atoms with Crippen LogP contribution in [0.4, 0.5) is 0 Å². The summed E-state index contributed by atoms with van der Waals surface area (Å²) in [4.78, 5) is 17.1. The molecule has 8 nitrogen and oxygen atoms in total. The van der Waals surface area contributed by atoms with Gasteiger partial charge >= 0.3 is 0 Å². The standard InChI is InChI=1S/C17H22N4O4S/c1-10-18-12-5-3-4-6-13(12)21(10)9-14(22)19-15-11-7-8-25-17(11)16(15)20-26(2,23)24/h3-6,11,15-17,20H,7-9H2,1-2H3,(H,19,22)/t11-,15+,16-,17-/m1/s1. The molecule has 1 aromatic carbocycles. The molecule has 1 aromatic heterocycles. The molecule has 1 amide bonds. The predicted molar refractivity (Wildman–Crippen MR) is 96.0 cm³/mol. The maximum Gasteiger partial charge on any atom is 0.240 e. The normalized spacial score (nSPS) is 27.9. The minimum atomic E-state index is -3.37. The number of benzene rings is 1. The Labute approximate surface area is 152 Å². The molecule has 0 radical (unpaired) electrons. The monoisotopic (exact) mass is 378 g/mol. The lowest BCUT2D eigenvalue weighted by Crippen LogP contribution is -2.71. The van der Waals surface area contributed by atoms with Gasteiger partial charge in [0.1, 0.15) is 12.4 Å². The Morgan fingerprint density at radius 1 is 1.35 bits per heavy atom. The smallest absolute Gasteiger partial charge is 0.240 e. The summed E-state index contributed by atoms with van der Waals surface area (Å²) in [5, 5.41) is 3.00. The van der Waals surface area contributed by atoms with E-state index in [4.69, 9.17) is 4.74 Å². The van der Waals surface area contributed by atoms with Crippen LogP contribution in [0.15, 0.2) is 24.3 Å². The summed E-state index contributed by atoms with van der Waals surface area (Å²) in [6, 6.07) is 7.00. The predicted octanol–water partition coefficient (Wildman–Crippen LogP) is 0.166. The van der Waals surface area contributed by atoms with Crippen molar-refractivity contribution in [1.82, 2.24) is 19.6 Å². The summed E-state index contributed by atoms with van der Waals surface area (Å²) >= 11 is 0. The molecule has 1 aliphatic carbocycles. The van der Waals surface area contributed by atoms with E-state index >= 15 is 0 Å². The lowest BCUT2D eigenvalue weighted by molar-refractivity contribution is -0.125. The zero-order valence-electron chi connectivity index (χ0n) is 14.7. The van der Waals surface area contributed by atoms with Crippen LogP contribution in [0.2, 0.25) is 0 Å².